The fraction of sp³-hybridized carbons (Fsp3) is 0.588. The van der Waals surface area contributed by atoms with Gasteiger partial charge in [-0.3, -0.25) is 4.79 Å². The lowest BCUT2D eigenvalue weighted by molar-refractivity contribution is -0.132. The number of halogens is 1. The van der Waals surface area contributed by atoms with Gasteiger partial charge in [0.25, 0.3) is 0 Å². The van der Waals surface area contributed by atoms with Crippen LogP contribution in [-0.4, -0.2) is 36.5 Å². The summed E-state index contributed by atoms with van der Waals surface area (Å²) < 4.78 is 5.18. The molecule has 2 fully saturated rings. The van der Waals surface area contributed by atoms with Crippen LogP contribution in [0.5, 0.6) is 5.75 Å². The molecule has 0 bridgehead atoms. The highest BCUT2D eigenvalue weighted by Crippen LogP contribution is 2.30. The van der Waals surface area contributed by atoms with Gasteiger partial charge in [0.2, 0.25) is 5.91 Å². The molecule has 1 N–H and O–H groups in total. The number of amides is 1. The third-order valence-corrected chi connectivity index (χ3v) is 4.40. The summed E-state index contributed by atoms with van der Waals surface area (Å²) in [6.07, 6.45) is 5.28. The van der Waals surface area contributed by atoms with Gasteiger partial charge < -0.3 is 15.0 Å². The predicted molar refractivity (Wildman–Crippen MR) is 89.5 cm³/mol. The number of carbonyl (C=O) groups excluding carboxylic acids is 1. The van der Waals surface area contributed by atoms with E-state index in [1.54, 1.807) is 7.11 Å². The van der Waals surface area contributed by atoms with E-state index < -0.39 is 0 Å². The Morgan fingerprint density at radius 3 is 2.55 bits per heavy atom. The molecule has 1 atom stereocenters. The van der Waals surface area contributed by atoms with Crippen molar-refractivity contribution < 1.29 is 9.53 Å². The molecule has 1 amide bonds. The lowest BCUT2D eigenvalue weighted by Gasteiger charge is -2.24. The van der Waals surface area contributed by atoms with Crippen LogP contribution in [0.2, 0.25) is 0 Å². The van der Waals surface area contributed by atoms with Crippen LogP contribution in [0.3, 0.4) is 0 Å². The van der Waals surface area contributed by atoms with Crippen LogP contribution in [0.1, 0.15) is 37.7 Å². The van der Waals surface area contributed by atoms with Crippen molar-refractivity contribution >= 4 is 18.3 Å². The van der Waals surface area contributed by atoms with Gasteiger partial charge in [-0.2, -0.15) is 0 Å². The van der Waals surface area contributed by atoms with Crippen molar-refractivity contribution in [2.45, 2.75) is 50.7 Å². The van der Waals surface area contributed by atoms with Gasteiger partial charge >= 0.3 is 0 Å². The van der Waals surface area contributed by atoms with E-state index in [-0.39, 0.29) is 12.4 Å². The van der Waals surface area contributed by atoms with Crippen molar-refractivity contribution in [3.63, 3.8) is 0 Å². The quantitative estimate of drug-likeness (QED) is 0.875. The van der Waals surface area contributed by atoms with E-state index in [2.05, 4.69) is 22.3 Å². The molecule has 122 valence electrons. The summed E-state index contributed by atoms with van der Waals surface area (Å²) in [5.41, 5.74) is 1.18. The molecule has 1 aliphatic carbocycles. The highest BCUT2D eigenvalue weighted by atomic mass is 35.5. The fourth-order valence-electron chi connectivity index (χ4n) is 2.99. The average Bonchev–Trinajstić information content (AvgIpc) is 3.22. The molecule has 1 aliphatic heterocycles. The van der Waals surface area contributed by atoms with Crippen LogP contribution in [0, 0.1) is 0 Å². The summed E-state index contributed by atoms with van der Waals surface area (Å²) >= 11 is 0. The summed E-state index contributed by atoms with van der Waals surface area (Å²) in [5, 5.41) is 3.42. The van der Waals surface area contributed by atoms with E-state index >= 15 is 0 Å². The Kier molecular flexibility index (Phi) is 6.09. The van der Waals surface area contributed by atoms with E-state index in [0.29, 0.717) is 24.4 Å². The molecule has 0 spiro atoms. The molecule has 1 aromatic carbocycles. The molecular weight excluding hydrogens is 300 g/mol. The minimum absolute atomic E-state index is 0. The van der Waals surface area contributed by atoms with Crippen LogP contribution in [0.4, 0.5) is 0 Å². The maximum absolute atomic E-state index is 12.6. The first-order valence-corrected chi connectivity index (χ1v) is 7.92. The Morgan fingerprint density at radius 1 is 1.27 bits per heavy atom. The molecular formula is C17H25ClN2O2. The second-order valence-corrected chi connectivity index (χ2v) is 6.10. The normalized spacial score (nSPS) is 20.3. The first kappa shape index (κ1) is 17.1. The van der Waals surface area contributed by atoms with Crippen LogP contribution in [0.15, 0.2) is 24.3 Å². The molecule has 22 heavy (non-hydrogen) atoms. The van der Waals surface area contributed by atoms with E-state index in [1.165, 1.54) is 12.0 Å². The number of nitrogens with zero attached hydrogens (tertiary/aromatic N) is 1. The summed E-state index contributed by atoms with van der Waals surface area (Å²) in [6, 6.07) is 8.87. The van der Waals surface area contributed by atoms with Crippen LogP contribution < -0.4 is 10.1 Å². The van der Waals surface area contributed by atoms with E-state index in [4.69, 9.17) is 4.74 Å². The Balaban J connectivity index is 0.00000176. The molecule has 0 aromatic heterocycles. The van der Waals surface area contributed by atoms with Gasteiger partial charge in [0.15, 0.2) is 0 Å². The number of hydrogen-bond donors (Lipinski definition) is 1. The fourth-order valence-corrected chi connectivity index (χ4v) is 2.99. The number of carbonyl (C=O) groups is 1. The zero-order valence-corrected chi connectivity index (χ0v) is 13.9. The van der Waals surface area contributed by atoms with Crippen molar-refractivity contribution in [2.24, 2.45) is 0 Å². The van der Waals surface area contributed by atoms with Crippen molar-refractivity contribution in [2.75, 3.05) is 13.7 Å². The van der Waals surface area contributed by atoms with Gasteiger partial charge in [-0.15, -0.1) is 12.4 Å². The van der Waals surface area contributed by atoms with E-state index in [0.717, 1.165) is 38.1 Å². The smallest absolute Gasteiger partial charge is 0.224 e. The maximum Gasteiger partial charge on any atom is 0.224 e. The molecule has 1 saturated heterocycles. The largest absolute Gasteiger partial charge is 0.497 e. The summed E-state index contributed by atoms with van der Waals surface area (Å²) in [4.78, 5) is 14.6. The molecule has 3 rings (SSSR count). The molecule has 1 saturated carbocycles. The van der Waals surface area contributed by atoms with Crippen LogP contribution in [-0.2, 0) is 11.3 Å². The number of ether oxygens (including phenoxy) is 1. The maximum atomic E-state index is 12.6. The van der Waals surface area contributed by atoms with Crippen molar-refractivity contribution in [1.82, 2.24) is 10.2 Å². The Morgan fingerprint density at radius 2 is 2.00 bits per heavy atom. The molecule has 1 heterocycles. The first-order valence-electron chi connectivity index (χ1n) is 7.92. The summed E-state index contributed by atoms with van der Waals surface area (Å²) in [7, 11) is 1.67. The second kappa shape index (κ2) is 7.84. The van der Waals surface area contributed by atoms with Crippen molar-refractivity contribution in [3.8, 4) is 5.75 Å². The lowest BCUT2D eigenvalue weighted by atomic mass is 10.1. The SMILES string of the molecule is COc1ccc(CN(C(=O)CC2CCCN2)C2CC2)cc1.Cl. The monoisotopic (exact) mass is 324 g/mol. The molecule has 2 aliphatic rings. The topological polar surface area (TPSA) is 41.6 Å². The van der Waals surface area contributed by atoms with Gasteiger partial charge in [0.1, 0.15) is 5.75 Å². The number of rotatable bonds is 6. The Hall–Kier alpha value is -1.26. The summed E-state index contributed by atoms with van der Waals surface area (Å²) in [5.74, 6) is 1.16. The van der Waals surface area contributed by atoms with Crippen molar-refractivity contribution in [3.05, 3.63) is 29.8 Å². The van der Waals surface area contributed by atoms with Crippen molar-refractivity contribution in [1.29, 1.82) is 0 Å². The highest BCUT2D eigenvalue weighted by molar-refractivity contribution is 5.85. The first-order chi connectivity index (χ1) is 10.3. The van der Waals surface area contributed by atoms with Gasteiger partial charge in [-0.1, -0.05) is 12.1 Å². The third-order valence-electron chi connectivity index (χ3n) is 4.40. The van der Waals surface area contributed by atoms with Gasteiger partial charge in [-0.25, -0.2) is 0 Å². The van der Waals surface area contributed by atoms with Gasteiger partial charge in [0, 0.05) is 25.0 Å². The second-order valence-electron chi connectivity index (χ2n) is 6.10. The minimum atomic E-state index is 0. The number of nitrogens with one attached hydrogen (secondary N) is 1. The highest BCUT2D eigenvalue weighted by Gasteiger charge is 2.33. The van der Waals surface area contributed by atoms with E-state index in [1.807, 2.05) is 12.1 Å². The molecule has 0 radical (unpaired) electrons. The molecule has 4 nitrogen and oxygen atoms in total. The number of benzene rings is 1. The number of methoxy groups -OCH3 is 1. The predicted octanol–water partition coefficient (Wildman–Crippen LogP) is 2.75. The molecule has 5 heteroatoms. The van der Waals surface area contributed by atoms with Gasteiger partial charge in [0.05, 0.1) is 7.11 Å². The average molecular weight is 325 g/mol. The lowest BCUT2D eigenvalue weighted by Crippen LogP contribution is -2.37. The Labute approximate surface area is 138 Å². The van der Waals surface area contributed by atoms with E-state index in [9.17, 15) is 4.79 Å². The standard InChI is InChI=1S/C17H24N2O2.ClH/c1-21-16-8-4-13(5-9-16)12-19(15-6-7-15)17(20)11-14-3-2-10-18-14;/h4-5,8-9,14-15,18H,2-3,6-7,10-12H2,1H3;1H. The molecule has 1 aromatic rings. The van der Waals surface area contributed by atoms with Crippen LogP contribution >= 0.6 is 12.4 Å². The van der Waals surface area contributed by atoms with Gasteiger partial charge in [-0.05, 0) is 49.9 Å². The zero-order valence-electron chi connectivity index (χ0n) is 13.1. The Bertz CT molecular complexity index is 482. The minimum Gasteiger partial charge on any atom is -0.497 e. The summed E-state index contributed by atoms with van der Waals surface area (Å²) in [6.45, 7) is 1.78. The zero-order chi connectivity index (χ0) is 14.7. The number of hydrogen-bond acceptors (Lipinski definition) is 3. The van der Waals surface area contributed by atoms with Crippen LogP contribution in [0.25, 0.3) is 0 Å². The molecule has 1 unspecified atom stereocenters. The third kappa shape index (κ3) is 4.37.